The van der Waals surface area contributed by atoms with E-state index >= 15 is 0 Å². The molecule has 0 aromatic heterocycles. The van der Waals surface area contributed by atoms with E-state index in [0.29, 0.717) is 0 Å². The van der Waals surface area contributed by atoms with Gasteiger partial charge in [-0.25, -0.2) is 0 Å². The van der Waals surface area contributed by atoms with Gasteiger partial charge in [0.05, 0.1) is 5.56 Å². The van der Waals surface area contributed by atoms with Crippen LogP contribution in [0.2, 0.25) is 0 Å². The van der Waals surface area contributed by atoms with Gasteiger partial charge >= 0.3 is 6.18 Å². The zero-order chi connectivity index (χ0) is 12.4. The lowest BCUT2D eigenvalue weighted by Gasteiger charge is -2.28. The summed E-state index contributed by atoms with van der Waals surface area (Å²) in [6.45, 7) is 6.01. The highest BCUT2D eigenvalue weighted by molar-refractivity contribution is 5.31. The average molecular weight is 230 g/mol. The Balaban J connectivity index is 3.17. The van der Waals surface area contributed by atoms with Gasteiger partial charge in [-0.1, -0.05) is 39.0 Å². The second kappa shape index (κ2) is 4.48. The van der Waals surface area contributed by atoms with Crippen molar-refractivity contribution in [2.24, 2.45) is 0 Å². The van der Waals surface area contributed by atoms with Crippen molar-refractivity contribution in [2.45, 2.75) is 45.2 Å². The van der Waals surface area contributed by atoms with Crippen molar-refractivity contribution in [3.63, 3.8) is 0 Å². The summed E-state index contributed by atoms with van der Waals surface area (Å²) < 4.78 is 37.7. The van der Waals surface area contributed by atoms with Gasteiger partial charge in [0.2, 0.25) is 0 Å². The quantitative estimate of drug-likeness (QED) is 0.700. The molecule has 0 bridgehead atoms. The Bertz CT molecular complexity index is 348. The summed E-state index contributed by atoms with van der Waals surface area (Å²) >= 11 is 0. The lowest BCUT2D eigenvalue weighted by atomic mass is 9.77. The molecule has 0 unspecified atom stereocenters. The molecule has 0 aliphatic heterocycles. The van der Waals surface area contributed by atoms with E-state index in [1.165, 1.54) is 12.1 Å². The molecule has 0 N–H and O–H groups in total. The lowest BCUT2D eigenvalue weighted by molar-refractivity contribution is -0.137. The van der Waals surface area contributed by atoms with Crippen molar-refractivity contribution in [2.75, 3.05) is 0 Å². The monoisotopic (exact) mass is 230 g/mol. The van der Waals surface area contributed by atoms with Crippen LogP contribution in [0.5, 0.6) is 0 Å². The van der Waals surface area contributed by atoms with E-state index in [9.17, 15) is 13.2 Å². The molecule has 0 heterocycles. The first-order chi connectivity index (χ1) is 7.33. The smallest absolute Gasteiger partial charge is 0.166 e. The largest absolute Gasteiger partial charge is 0.416 e. The van der Waals surface area contributed by atoms with Gasteiger partial charge in [0.15, 0.2) is 0 Å². The maximum atomic E-state index is 12.6. The minimum atomic E-state index is -4.25. The second-order valence-corrected chi connectivity index (χ2v) is 4.35. The van der Waals surface area contributed by atoms with Gasteiger partial charge in [0, 0.05) is 0 Å². The van der Waals surface area contributed by atoms with E-state index in [2.05, 4.69) is 0 Å². The molecule has 0 fully saturated rings. The number of alkyl halides is 3. The van der Waals surface area contributed by atoms with Crippen LogP contribution in [0.25, 0.3) is 0 Å². The summed E-state index contributed by atoms with van der Waals surface area (Å²) in [5, 5.41) is 0. The number of hydrogen-bond donors (Lipinski definition) is 0. The molecule has 1 rings (SSSR count). The van der Waals surface area contributed by atoms with E-state index in [-0.39, 0.29) is 5.41 Å². The SMILES string of the molecule is CCC(C)(CC)c1cccc(C(F)(F)F)c1. The van der Waals surface area contributed by atoms with Crippen molar-refractivity contribution in [3.05, 3.63) is 35.4 Å². The van der Waals surface area contributed by atoms with E-state index in [1.807, 2.05) is 20.8 Å². The number of rotatable bonds is 3. The molecule has 1 aromatic carbocycles. The van der Waals surface area contributed by atoms with Gasteiger partial charge in [-0.2, -0.15) is 13.2 Å². The second-order valence-electron chi connectivity index (χ2n) is 4.35. The average Bonchev–Trinajstić information content (AvgIpc) is 2.27. The number of hydrogen-bond acceptors (Lipinski definition) is 0. The third-order valence-electron chi connectivity index (χ3n) is 3.45. The highest BCUT2D eigenvalue weighted by Gasteiger charge is 2.32. The van der Waals surface area contributed by atoms with Crippen LogP contribution in [0.3, 0.4) is 0 Å². The van der Waals surface area contributed by atoms with Crippen molar-refractivity contribution in [1.82, 2.24) is 0 Å². The summed E-state index contributed by atoms with van der Waals surface area (Å²) in [6, 6.07) is 5.66. The Kier molecular flexibility index (Phi) is 3.66. The molecule has 0 radical (unpaired) electrons. The minimum Gasteiger partial charge on any atom is -0.166 e. The lowest BCUT2D eigenvalue weighted by Crippen LogP contribution is -2.20. The standard InChI is InChI=1S/C13H17F3/c1-4-12(3,5-2)10-7-6-8-11(9-10)13(14,15)16/h6-9H,4-5H2,1-3H3. The Hall–Kier alpha value is -0.990. The van der Waals surface area contributed by atoms with Crippen LogP contribution in [0.4, 0.5) is 13.2 Å². The topological polar surface area (TPSA) is 0 Å². The molecule has 0 saturated carbocycles. The third kappa shape index (κ3) is 2.57. The minimum absolute atomic E-state index is 0.165. The van der Waals surface area contributed by atoms with Gasteiger partial charge in [0.25, 0.3) is 0 Å². The number of halogens is 3. The summed E-state index contributed by atoms with van der Waals surface area (Å²) in [7, 11) is 0. The Morgan fingerprint density at radius 2 is 1.50 bits per heavy atom. The fourth-order valence-corrected chi connectivity index (χ4v) is 1.73. The molecule has 0 aliphatic rings. The Morgan fingerprint density at radius 3 is 1.94 bits per heavy atom. The van der Waals surface area contributed by atoms with Crippen molar-refractivity contribution < 1.29 is 13.2 Å². The van der Waals surface area contributed by atoms with Gasteiger partial charge in [0.1, 0.15) is 0 Å². The van der Waals surface area contributed by atoms with E-state index in [1.54, 1.807) is 6.07 Å². The molecule has 0 aliphatic carbocycles. The van der Waals surface area contributed by atoms with E-state index < -0.39 is 11.7 Å². The Labute approximate surface area is 94.5 Å². The van der Waals surface area contributed by atoms with Gasteiger partial charge in [-0.15, -0.1) is 0 Å². The zero-order valence-electron chi connectivity index (χ0n) is 9.86. The predicted molar refractivity (Wildman–Crippen MR) is 59.4 cm³/mol. The summed E-state index contributed by atoms with van der Waals surface area (Å²) in [6.07, 6.45) is -2.58. The normalized spacial score (nSPS) is 12.9. The fraction of sp³-hybridized carbons (Fsp3) is 0.538. The molecular formula is C13H17F3. The fourth-order valence-electron chi connectivity index (χ4n) is 1.73. The van der Waals surface area contributed by atoms with E-state index in [4.69, 9.17) is 0 Å². The molecule has 16 heavy (non-hydrogen) atoms. The summed E-state index contributed by atoms with van der Waals surface area (Å²) in [4.78, 5) is 0. The first-order valence-corrected chi connectivity index (χ1v) is 5.51. The number of benzene rings is 1. The maximum absolute atomic E-state index is 12.6. The van der Waals surface area contributed by atoms with Crippen LogP contribution >= 0.6 is 0 Å². The van der Waals surface area contributed by atoms with Crippen molar-refractivity contribution in [1.29, 1.82) is 0 Å². The summed E-state index contributed by atoms with van der Waals surface area (Å²) in [5.41, 5.74) is 0.0480. The van der Waals surface area contributed by atoms with E-state index in [0.717, 1.165) is 24.5 Å². The molecule has 0 amide bonds. The van der Waals surface area contributed by atoms with Crippen LogP contribution in [-0.2, 0) is 11.6 Å². The molecule has 0 spiro atoms. The maximum Gasteiger partial charge on any atom is 0.416 e. The Morgan fingerprint density at radius 1 is 1.00 bits per heavy atom. The highest BCUT2D eigenvalue weighted by atomic mass is 19.4. The molecular weight excluding hydrogens is 213 g/mol. The first-order valence-electron chi connectivity index (χ1n) is 5.51. The molecule has 0 atom stereocenters. The molecule has 1 aromatic rings. The highest BCUT2D eigenvalue weighted by Crippen LogP contribution is 2.35. The van der Waals surface area contributed by atoms with Crippen LogP contribution < -0.4 is 0 Å². The first kappa shape index (κ1) is 13.1. The van der Waals surface area contributed by atoms with Crippen molar-refractivity contribution in [3.8, 4) is 0 Å². The van der Waals surface area contributed by atoms with Gasteiger partial charge in [-0.05, 0) is 29.9 Å². The van der Waals surface area contributed by atoms with Crippen LogP contribution in [0.1, 0.15) is 44.7 Å². The molecule has 0 saturated heterocycles. The van der Waals surface area contributed by atoms with Crippen LogP contribution in [-0.4, -0.2) is 0 Å². The van der Waals surface area contributed by atoms with Crippen LogP contribution in [0.15, 0.2) is 24.3 Å². The van der Waals surface area contributed by atoms with Crippen LogP contribution in [0, 0.1) is 0 Å². The molecule has 90 valence electrons. The molecule has 0 nitrogen and oxygen atoms in total. The molecule has 3 heteroatoms. The zero-order valence-corrected chi connectivity index (χ0v) is 9.86. The van der Waals surface area contributed by atoms with Gasteiger partial charge < -0.3 is 0 Å². The van der Waals surface area contributed by atoms with Gasteiger partial charge in [-0.3, -0.25) is 0 Å². The predicted octanol–water partition coefficient (Wildman–Crippen LogP) is 4.78. The third-order valence-corrected chi connectivity index (χ3v) is 3.45. The van der Waals surface area contributed by atoms with Crippen molar-refractivity contribution >= 4 is 0 Å². The summed E-state index contributed by atoms with van der Waals surface area (Å²) in [5.74, 6) is 0.